The Morgan fingerprint density at radius 3 is 2.88 bits per heavy atom. The van der Waals surface area contributed by atoms with E-state index in [2.05, 4.69) is 25.2 Å². The first kappa shape index (κ1) is 17.9. The maximum atomic E-state index is 11.8. The average Bonchev–Trinajstić information content (AvgIpc) is 3.01. The fourth-order valence-electron chi connectivity index (χ4n) is 1.71. The molecule has 0 atom stereocenters. The second-order valence-electron chi connectivity index (χ2n) is 4.74. The van der Waals surface area contributed by atoms with Crippen LogP contribution in [0.25, 0.3) is 11.5 Å². The molecule has 0 unspecified atom stereocenters. The fourth-order valence-corrected chi connectivity index (χ4v) is 1.71. The number of ether oxygens (including phenoxy) is 1. The minimum Gasteiger partial charge on any atom is -0.370 e. The van der Waals surface area contributed by atoms with Gasteiger partial charge in [-0.3, -0.25) is 9.78 Å². The van der Waals surface area contributed by atoms with E-state index in [1.807, 2.05) is 0 Å². The lowest BCUT2D eigenvalue weighted by atomic mass is 10.3. The van der Waals surface area contributed by atoms with Crippen LogP contribution >= 0.6 is 0 Å². The van der Waals surface area contributed by atoms with Crippen molar-refractivity contribution in [2.75, 3.05) is 19.8 Å². The molecule has 130 valence electrons. The summed E-state index contributed by atoms with van der Waals surface area (Å²) in [6.07, 6.45) is -2.48. The summed E-state index contributed by atoms with van der Waals surface area (Å²) < 4.78 is 44.9. The lowest BCUT2D eigenvalue weighted by molar-refractivity contribution is -0.173. The van der Waals surface area contributed by atoms with E-state index in [0.29, 0.717) is 11.5 Å². The Kier molecular flexibility index (Phi) is 6.24. The van der Waals surface area contributed by atoms with E-state index in [9.17, 15) is 18.0 Å². The summed E-state index contributed by atoms with van der Waals surface area (Å²) in [7, 11) is 0. The van der Waals surface area contributed by atoms with Crippen molar-refractivity contribution >= 4 is 5.91 Å². The predicted molar refractivity (Wildman–Crippen MR) is 75.7 cm³/mol. The molecule has 0 saturated heterocycles. The summed E-state index contributed by atoms with van der Waals surface area (Å²) >= 11 is 0. The van der Waals surface area contributed by atoms with Crippen molar-refractivity contribution in [1.82, 2.24) is 20.4 Å². The van der Waals surface area contributed by atoms with Crippen LogP contribution in [-0.2, 0) is 16.0 Å². The van der Waals surface area contributed by atoms with Crippen molar-refractivity contribution in [3.8, 4) is 11.5 Å². The first-order valence-electron chi connectivity index (χ1n) is 7.09. The van der Waals surface area contributed by atoms with E-state index in [1.54, 1.807) is 24.4 Å². The van der Waals surface area contributed by atoms with Gasteiger partial charge in [-0.05, 0) is 12.1 Å². The quantitative estimate of drug-likeness (QED) is 0.734. The zero-order valence-electron chi connectivity index (χ0n) is 12.5. The predicted octanol–water partition coefficient (Wildman–Crippen LogP) is 1.76. The molecule has 0 fully saturated rings. The van der Waals surface area contributed by atoms with Gasteiger partial charge in [0.15, 0.2) is 0 Å². The van der Waals surface area contributed by atoms with Crippen LogP contribution in [0, 0.1) is 0 Å². The second kappa shape index (κ2) is 8.39. The van der Waals surface area contributed by atoms with Gasteiger partial charge in [0.2, 0.25) is 17.6 Å². The third-order valence-corrected chi connectivity index (χ3v) is 2.76. The molecular weight excluding hydrogens is 329 g/mol. The number of carbonyl (C=O) groups is 1. The number of rotatable bonds is 8. The molecule has 10 heteroatoms. The summed E-state index contributed by atoms with van der Waals surface area (Å²) in [5.74, 6) is 0.258. The van der Waals surface area contributed by atoms with Crippen LogP contribution in [0.1, 0.15) is 12.3 Å². The first-order chi connectivity index (χ1) is 11.4. The number of alkyl halides is 3. The Hall–Kier alpha value is -2.49. The van der Waals surface area contributed by atoms with E-state index < -0.39 is 12.8 Å². The van der Waals surface area contributed by atoms with Crippen molar-refractivity contribution in [3.63, 3.8) is 0 Å². The SMILES string of the molecule is O=C(CCc1nc(-c2ccccn2)no1)NCCOCC(F)(F)F. The maximum absolute atomic E-state index is 11.8. The van der Waals surface area contributed by atoms with Gasteiger partial charge in [-0.25, -0.2) is 0 Å². The van der Waals surface area contributed by atoms with Crippen molar-refractivity contribution in [1.29, 1.82) is 0 Å². The number of aromatic nitrogens is 3. The summed E-state index contributed by atoms with van der Waals surface area (Å²) in [5.41, 5.74) is 0.554. The molecule has 0 radical (unpaired) electrons. The van der Waals surface area contributed by atoms with Crippen molar-refractivity contribution in [2.45, 2.75) is 19.0 Å². The molecule has 2 aromatic heterocycles. The highest BCUT2D eigenvalue weighted by atomic mass is 19.4. The highest BCUT2D eigenvalue weighted by Crippen LogP contribution is 2.14. The molecule has 2 rings (SSSR count). The first-order valence-corrected chi connectivity index (χ1v) is 7.09. The number of pyridine rings is 1. The Bertz CT molecular complexity index is 646. The lowest BCUT2D eigenvalue weighted by Gasteiger charge is -2.08. The minimum atomic E-state index is -4.37. The Morgan fingerprint density at radius 1 is 1.33 bits per heavy atom. The van der Waals surface area contributed by atoms with Crippen molar-refractivity contribution < 1.29 is 27.2 Å². The van der Waals surface area contributed by atoms with Gasteiger partial charge in [-0.15, -0.1) is 0 Å². The smallest absolute Gasteiger partial charge is 0.370 e. The van der Waals surface area contributed by atoms with Gasteiger partial charge in [0.25, 0.3) is 0 Å². The normalized spacial score (nSPS) is 11.5. The van der Waals surface area contributed by atoms with Crippen molar-refractivity contribution in [3.05, 3.63) is 30.3 Å². The number of hydrogen-bond donors (Lipinski definition) is 1. The summed E-state index contributed by atoms with van der Waals surface area (Å²) in [6, 6.07) is 5.27. The second-order valence-corrected chi connectivity index (χ2v) is 4.74. The topological polar surface area (TPSA) is 90.1 Å². The minimum absolute atomic E-state index is 0.00205. The molecule has 0 saturated carbocycles. The van der Waals surface area contributed by atoms with E-state index in [0.717, 1.165) is 0 Å². The number of carbonyl (C=O) groups excluding carboxylic acids is 1. The molecule has 0 aromatic carbocycles. The van der Waals surface area contributed by atoms with E-state index in [-0.39, 0.29) is 37.8 Å². The molecule has 1 amide bonds. The van der Waals surface area contributed by atoms with Gasteiger partial charge >= 0.3 is 6.18 Å². The van der Waals surface area contributed by atoms with E-state index >= 15 is 0 Å². The molecule has 0 bridgehead atoms. The maximum Gasteiger partial charge on any atom is 0.411 e. The van der Waals surface area contributed by atoms with Crippen LogP contribution in [0.2, 0.25) is 0 Å². The van der Waals surface area contributed by atoms with Gasteiger partial charge in [0, 0.05) is 25.6 Å². The molecule has 7 nitrogen and oxygen atoms in total. The number of hydrogen-bond acceptors (Lipinski definition) is 6. The highest BCUT2D eigenvalue weighted by molar-refractivity contribution is 5.75. The third kappa shape index (κ3) is 6.32. The standard InChI is InChI=1S/C14H15F3N4O3/c15-14(16,17)9-23-8-7-19-11(22)4-5-12-20-13(21-24-12)10-3-1-2-6-18-10/h1-3,6H,4-5,7-9H2,(H,19,22). The molecule has 0 aliphatic heterocycles. The van der Waals surface area contributed by atoms with Gasteiger partial charge in [-0.1, -0.05) is 11.2 Å². The van der Waals surface area contributed by atoms with Crippen LogP contribution in [0.15, 0.2) is 28.9 Å². The Balaban J connectivity index is 1.66. The summed E-state index contributed by atoms with van der Waals surface area (Å²) in [6.45, 7) is -1.55. The average molecular weight is 344 g/mol. The fraction of sp³-hybridized carbons (Fsp3) is 0.429. The molecule has 0 aliphatic rings. The summed E-state index contributed by atoms with van der Waals surface area (Å²) in [5, 5.41) is 6.21. The zero-order valence-corrected chi connectivity index (χ0v) is 12.5. The van der Waals surface area contributed by atoms with Crippen LogP contribution in [-0.4, -0.2) is 47.0 Å². The molecular formula is C14H15F3N4O3. The number of nitrogens with one attached hydrogen (secondary N) is 1. The largest absolute Gasteiger partial charge is 0.411 e. The lowest BCUT2D eigenvalue weighted by Crippen LogP contribution is -2.29. The van der Waals surface area contributed by atoms with Gasteiger partial charge in [-0.2, -0.15) is 18.2 Å². The number of amides is 1. The van der Waals surface area contributed by atoms with Gasteiger partial charge < -0.3 is 14.6 Å². The van der Waals surface area contributed by atoms with Crippen molar-refractivity contribution in [2.24, 2.45) is 0 Å². The van der Waals surface area contributed by atoms with Gasteiger partial charge in [0.1, 0.15) is 12.3 Å². The third-order valence-electron chi connectivity index (χ3n) is 2.76. The monoisotopic (exact) mass is 344 g/mol. The molecule has 0 aliphatic carbocycles. The number of aryl methyl sites for hydroxylation is 1. The highest BCUT2D eigenvalue weighted by Gasteiger charge is 2.27. The molecule has 1 N–H and O–H groups in total. The molecule has 2 heterocycles. The Morgan fingerprint density at radius 2 is 2.17 bits per heavy atom. The molecule has 2 aromatic rings. The van der Waals surface area contributed by atoms with Crippen LogP contribution in [0.5, 0.6) is 0 Å². The number of halogens is 3. The van der Waals surface area contributed by atoms with Crippen LogP contribution in [0.3, 0.4) is 0 Å². The Labute approximate surface area is 135 Å². The van der Waals surface area contributed by atoms with Crippen LogP contribution in [0.4, 0.5) is 13.2 Å². The van der Waals surface area contributed by atoms with E-state index in [4.69, 9.17) is 4.52 Å². The molecule has 0 spiro atoms. The molecule has 24 heavy (non-hydrogen) atoms. The van der Waals surface area contributed by atoms with Gasteiger partial charge in [0.05, 0.1) is 6.61 Å². The summed E-state index contributed by atoms with van der Waals surface area (Å²) in [4.78, 5) is 19.8. The van der Waals surface area contributed by atoms with Crippen LogP contribution < -0.4 is 5.32 Å². The zero-order chi connectivity index (χ0) is 17.4. The number of nitrogens with zero attached hydrogens (tertiary/aromatic N) is 3. The van der Waals surface area contributed by atoms with E-state index in [1.165, 1.54) is 0 Å².